The van der Waals surface area contributed by atoms with Gasteiger partial charge in [0.2, 0.25) is 5.91 Å². The van der Waals surface area contributed by atoms with Crippen LogP contribution in [0.1, 0.15) is 53.0 Å². The molecule has 0 bridgehead atoms. The zero-order chi connectivity index (χ0) is 33.0. The summed E-state index contributed by atoms with van der Waals surface area (Å²) in [5.41, 5.74) is -1.09. The van der Waals surface area contributed by atoms with Crippen LogP contribution < -0.4 is 10.1 Å². The molecule has 1 fully saturated rings. The van der Waals surface area contributed by atoms with Crippen molar-refractivity contribution in [3.63, 3.8) is 0 Å². The highest BCUT2D eigenvalue weighted by Crippen LogP contribution is 2.38. The number of hydrogen-bond acceptors (Lipinski definition) is 13. The van der Waals surface area contributed by atoms with E-state index in [0.717, 1.165) is 40.4 Å². The summed E-state index contributed by atoms with van der Waals surface area (Å²) in [4.78, 5) is 74.1. The highest BCUT2D eigenvalue weighted by Gasteiger charge is 2.57. The van der Waals surface area contributed by atoms with Crippen molar-refractivity contribution >= 4 is 41.8 Å². The van der Waals surface area contributed by atoms with Crippen molar-refractivity contribution in [2.24, 2.45) is 0 Å². The van der Waals surface area contributed by atoms with E-state index in [1.54, 1.807) is 36.4 Å². The average molecular weight is 622 g/mol. The molecule has 6 atom stereocenters. The van der Waals surface area contributed by atoms with Crippen molar-refractivity contribution in [1.29, 1.82) is 0 Å². The van der Waals surface area contributed by atoms with Crippen LogP contribution >= 0.6 is 0 Å². The Kier molecular flexibility index (Phi) is 13.3. The van der Waals surface area contributed by atoms with Crippen molar-refractivity contribution < 1.29 is 61.9 Å². The van der Waals surface area contributed by atoms with Crippen molar-refractivity contribution in [3.05, 3.63) is 35.9 Å². The van der Waals surface area contributed by atoms with Gasteiger partial charge >= 0.3 is 29.8 Å². The number of methoxy groups -OCH3 is 2. The van der Waals surface area contributed by atoms with Gasteiger partial charge in [-0.1, -0.05) is 24.3 Å². The zero-order valence-electron chi connectivity index (χ0n) is 25.8. The molecular weight excluding hydrogens is 582 g/mol. The van der Waals surface area contributed by atoms with Crippen LogP contribution in [0.2, 0.25) is 0 Å². The number of hydrogen-bond donors (Lipinski definition) is 1. The molecule has 1 aromatic rings. The summed E-state index contributed by atoms with van der Waals surface area (Å²) < 4.78 is 38.2. The molecule has 1 aromatic carbocycles. The number of carbonyl (C=O) groups excluding carboxylic acids is 6. The second-order valence-electron chi connectivity index (χ2n) is 10.1. The topological polar surface area (TPSA) is 179 Å². The Morgan fingerprint density at radius 2 is 1.57 bits per heavy atom. The van der Waals surface area contributed by atoms with Crippen LogP contribution in [0.5, 0.6) is 5.75 Å². The molecule has 1 aliphatic heterocycles. The molecule has 242 valence electrons. The number of nitrogens with one attached hydrogen (secondary N) is 1. The third-order valence-electron chi connectivity index (χ3n) is 6.53. The van der Waals surface area contributed by atoms with Gasteiger partial charge in [-0.25, -0.2) is 4.79 Å². The Morgan fingerprint density at radius 1 is 0.932 bits per heavy atom. The fourth-order valence-electron chi connectivity index (χ4n) is 4.84. The molecule has 0 aromatic heterocycles. The molecule has 14 nitrogen and oxygen atoms in total. The first-order chi connectivity index (χ1) is 20.7. The molecule has 0 unspecified atom stereocenters. The van der Waals surface area contributed by atoms with Crippen molar-refractivity contribution in [3.8, 4) is 5.75 Å². The maximum absolute atomic E-state index is 13.4. The fourth-order valence-corrected chi connectivity index (χ4v) is 4.84. The molecule has 0 spiro atoms. The van der Waals surface area contributed by atoms with Gasteiger partial charge in [-0.05, 0) is 17.7 Å². The summed E-state index contributed by atoms with van der Waals surface area (Å²) in [6.45, 7) is 5.06. The lowest BCUT2D eigenvalue weighted by atomic mass is 9.81. The molecule has 2 rings (SSSR count). The van der Waals surface area contributed by atoms with Crippen molar-refractivity contribution in [2.75, 3.05) is 20.8 Å². The van der Waals surface area contributed by atoms with E-state index >= 15 is 0 Å². The Hall–Kier alpha value is -4.46. The Labute approximate surface area is 255 Å². The molecule has 1 N–H and O–H groups in total. The van der Waals surface area contributed by atoms with Crippen LogP contribution in [0.4, 0.5) is 0 Å². The quantitative estimate of drug-likeness (QED) is 0.249. The van der Waals surface area contributed by atoms with E-state index in [1.807, 2.05) is 0 Å². The maximum Gasteiger partial charge on any atom is 0.338 e. The van der Waals surface area contributed by atoms with E-state index in [0.29, 0.717) is 5.75 Å². The smallest absolute Gasteiger partial charge is 0.338 e. The van der Waals surface area contributed by atoms with E-state index in [-0.39, 0.29) is 12.8 Å². The molecule has 1 heterocycles. The SMILES string of the molecule is COC(=O)[C@@]1(C/C=C/c2ccc(OC)cc2)C[C@H](OC(C)=O)[C@@H](NC(C)=O)[C@H]([C@H](OC(C)=O)[C@@H](COC(C)=O)OC(C)=O)O1. The van der Waals surface area contributed by atoms with Gasteiger partial charge in [-0.3, -0.25) is 24.0 Å². The Bertz CT molecular complexity index is 1230. The summed E-state index contributed by atoms with van der Waals surface area (Å²) in [7, 11) is 2.68. The lowest BCUT2D eigenvalue weighted by molar-refractivity contribution is -0.241. The first-order valence-corrected chi connectivity index (χ1v) is 13.7. The number of ether oxygens (including phenoxy) is 7. The molecule has 0 radical (unpaired) electrons. The largest absolute Gasteiger partial charge is 0.497 e. The molecule has 14 heteroatoms. The molecule has 1 amide bonds. The lowest BCUT2D eigenvalue weighted by Gasteiger charge is -2.49. The van der Waals surface area contributed by atoms with Crippen molar-refractivity contribution in [1.82, 2.24) is 5.32 Å². The number of esters is 5. The number of rotatable bonds is 13. The minimum Gasteiger partial charge on any atom is -0.497 e. The summed E-state index contributed by atoms with van der Waals surface area (Å²) in [6.07, 6.45) is -2.77. The van der Waals surface area contributed by atoms with E-state index < -0.39 is 78.4 Å². The van der Waals surface area contributed by atoms with Gasteiger partial charge in [0.1, 0.15) is 24.6 Å². The third-order valence-corrected chi connectivity index (χ3v) is 6.53. The summed E-state index contributed by atoms with van der Waals surface area (Å²) in [5, 5.41) is 2.64. The fraction of sp³-hybridized carbons (Fsp3) is 0.533. The van der Waals surface area contributed by atoms with Crippen molar-refractivity contribution in [2.45, 2.75) is 83.5 Å². The van der Waals surface area contributed by atoms with Gasteiger partial charge in [-0.15, -0.1) is 0 Å². The normalized spacial score (nSPS) is 22.6. The van der Waals surface area contributed by atoms with Gasteiger partial charge in [0, 0.05) is 47.5 Å². The highest BCUT2D eigenvalue weighted by atomic mass is 16.6. The number of carbonyl (C=O) groups is 6. The first-order valence-electron chi connectivity index (χ1n) is 13.7. The monoisotopic (exact) mass is 621 g/mol. The molecule has 0 saturated carbocycles. The van der Waals surface area contributed by atoms with Gasteiger partial charge in [0.15, 0.2) is 17.8 Å². The second-order valence-corrected chi connectivity index (χ2v) is 10.1. The van der Waals surface area contributed by atoms with Crippen LogP contribution in [0.15, 0.2) is 30.3 Å². The minimum atomic E-state index is -1.85. The first kappa shape index (κ1) is 35.7. The van der Waals surface area contributed by atoms with Crippen LogP contribution in [0, 0.1) is 0 Å². The average Bonchev–Trinajstić information content (AvgIpc) is 2.94. The molecular formula is C30H39NO13. The van der Waals surface area contributed by atoms with Crippen LogP contribution in [-0.2, 0) is 57.2 Å². The van der Waals surface area contributed by atoms with E-state index in [2.05, 4.69) is 5.32 Å². The predicted molar refractivity (Wildman–Crippen MR) is 152 cm³/mol. The maximum atomic E-state index is 13.4. The van der Waals surface area contributed by atoms with E-state index in [1.165, 1.54) is 14.0 Å². The molecule has 1 aliphatic rings. The number of amides is 1. The second kappa shape index (κ2) is 16.4. The lowest BCUT2D eigenvalue weighted by Crippen LogP contribution is -2.68. The van der Waals surface area contributed by atoms with Gasteiger partial charge < -0.3 is 38.5 Å². The highest BCUT2D eigenvalue weighted by molar-refractivity contribution is 5.81. The van der Waals surface area contributed by atoms with Gasteiger partial charge in [0.25, 0.3) is 0 Å². The van der Waals surface area contributed by atoms with Crippen LogP contribution in [0.3, 0.4) is 0 Å². The van der Waals surface area contributed by atoms with Crippen LogP contribution in [-0.4, -0.2) is 92.6 Å². The van der Waals surface area contributed by atoms with Gasteiger partial charge in [0.05, 0.1) is 20.3 Å². The molecule has 0 aliphatic carbocycles. The standard InChI is InChI=1S/C30H39NO13/c1-17(32)31-26-24(41-19(3)34)15-30(29(37)39-7,14-8-9-22-10-12-23(38-6)13-11-22)44-28(26)27(43-21(5)36)25(42-20(4)35)16-40-18(2)33/h8-13,24-28H,14-16H2,1-7H3,(H,31,32)/b9-8+/t24-,25+,26+,27+,28+,30+/m0/s1. The number of benzene rings is 1. The summed E-state index contributed by atoms with van der Waals surface area (Å²) in [6, 6.07) is 5.85. The van der Waals surface area contributed by atoms with Gasteiger partial charge in [-0.2, -0.15) is 0 Å². The predicted octanol–water partition coefficient (Wildman–Crippen LogP) is 1.66. The minimum absolute atomic E-state index is 0.123. The summed E-state index contributed by atoms with van der Waals surface area (Å²) in [5.74, 6) is -3.91. The Morgan fingerprint density at radius 3 is 2.07 bits per heavy atom. The van der Waals surface area contributed by atoms with E-state index in [4.69, 9.17) is 33.2 Å². The summed E-state index contributed by atoms with van der Waals surface area (Å²) >= 11 is 0. The Balaban J connectivity index is 2.70. The van der Waals surface area contributed by atoms with E-state index in [9.17, 15) is 28.8 Å². The third kappa shape index (κ3) is 10.4. The molecule has 44 heavy (non-hydrogen) atoms. The van der Waals surface area contributed by atoms with Crippen LogP contribution in [0.25, 0.3) is 6.08 Å². The zero-order valence-corrected chi connectivity index (χ0v) is 25.8. The molecule has 1 saturated heterocycles.